The number of hydrogen-bond donors (Lipinski definition) is 1. The van der Waals surface area contributed by atoms with Crippen LogP contribution in [-0.4, -0.2) is 62.5 Å². The molecule has 0 radical (unpaired) electrons. The van der Waals surface area contributed by atoms with Gasteiger partial charge in [0.05, 0.1) is 6.33 Å². The van der Waals surface area contributed by atoms with Crippen LogP contribution in [0, 0.1) is 5.41 Å². The number of carbonyl (C=O) groups is 2. The van der Waals surface area contributed by atoms with Gasteiger partial charge in [-0.1, -0.05) is 0 Å². The maximum absolute atomic E-state index is 12.6. The molecule has 2 aromatic heterocycles. The third-order valence-corrected chi connectivity index (χ3v) is 6.29. The van der Waals surface area contributed by atoms with E-state index in [1.54, 1.807) is 24.7 Å². The van der Waals surface area contributed by atoms with Crippen molar-refractivity contribution in [2.45, 2.75) is 45.3 Å². The third-order valence-electron chi connectivity index (χ3n) is 6.29. The second-order valence-corrected chi connectivity index (χ2v) is 8.19. The SMILES string of the molecule is O=C1CCC2(CCN(C(=O)c3ccc(CO)o3)CC2)CN1CCCn1ccnc1. The van der Waals surface area contributed by atoms with Crippen LogP contribution in [0.2, 0.25) is 0 Å². The fourth-order valence-corrected chi connectivity index (χ4v) is 4.50. The summed E-state index contributed by atoms with van der Waals surface area (Å²) in [7, 11) is 0. The second-order valence-electron chi connectivity index (χ2n) is 8.19. The maximum Gasteiger partial charge on any atom is 0.289 e. The average Bonchev–Trinajstić information content (AvgIpc) is 3.43. The van der Waals surface area contributed by atoms with Gasteiger partial charge in [-0.25, -0.2) is 4.98 Å². The highest BCUT2D eigenvalue weighted by Gasteiger charge is 2.41. The Labute approximate surface area is 170 Å². The van der Waals surface area contributed by atoms with Crippen LogP contribution < -0.4 is 0 Å². The van der Waals surface area contributed by atoms with E-state index in [-0.39, 0.29) is 29.6 Å². The Hall–Kier alpha value is -2.61. The van der Waals surface area contributed by atoms with Crippen LogP contribution in [0.3, 0.4) is 0 Å². The van der Waals surface area contributed by atoms with E-state index in [9.17, 15) is 9.59 Å². The summed E-state index contributed by atoms with van der Waals surface area (Å²) in [5, 5.41) is 9.12. The minimum Gasteiger partial charge on any atom is -0.453 e. The molecule has 2 aliphatic heterocycles. The van der Waals surface area contributed by atoms with E-state index in [0.29, 0.717) is 25.3 Å². The van der Waals surface area contributed by atoms with Gasteiger partial charge in [0.1, 0.15) is 12.4 Å². The van der Waals surface area contributed by atoms with Crippen LogP contribution in [0.4, 0.5) is 0 Å². The van der Waals surface area contributed by atoms with Crippen molar-refractivity contribution in [1.82, 2.24) is 19.4 Å². The van der Waals surface area contributed by atoms with Crippen molar-refractivity contribution in [1.29, 1.82) is 0 Å². The Morgan fingerprint density at radius 1 is 1.21 bits per heavy atom. The molecule has 29 heavy (non-hydrogen) atoms. The lowest BCUT2D eigenvalue weighted by Gasteiger charge is -2.47. The molecule has 0 unspecified atom stereocenters. The third kappa shape index (κ3) is 4.37. The number of aryl methyl sites for hydroxylation is 1. The van der Waals surface area contributed by atoms with E-state index < -0.39 is 0 Å². The summed E-state index contributed by atoms with van der Waals surface area (Å²) in [6.45, 7) is 3.54. The molecular formula is C21H28N4O4. The van der Waals surface area contributed by atoms with Gasteiger partial charge in [0, 0.05) is 51.5 Å². The van der Waals surface area contributed by atoms with Gasteiger partial charge in [0.2, 0.25) is 5.91 Å². The number of carbonyl (C=O) groups excluding carboxylic acids is 2. The van der Waals surface area contributed by atoms with Gasteiger partial charge < -0.3 is 23.9 Å². The van der Waals surface area contributed by atoms with Crippen molar-refractivity contribution in [2.24, 2.45) is 5.41 Å². The molecule has 156 valence electrons. The zero-order chi connectivity index (χ0) is 20.3. The molecule has 0 atom stereocenters. The van der Waals surface area contributed by atoms with E-state index in [2.05, 4.69) is 4.98 Å². The number of hydrogen-bond acceptors (Lipinski definition) is 5. The van der Waals surface area contributed by atoms with Gasteiger partial charge in [-0.15, -0.1) is 0 Å². The van der Waals surface area contributed by atoms with Crippen LogP contribution in [0.5, 0.6) is 0 Å². The molecule has 2 saturated heterocycles. The summed E-state index contributed by atoms with van der Waals surface area (Å²) in [4.78, 5) is 32.9. The average molecular weight is 400 g/mol. The first kappa shape index (κ1) is 19.7. The monoisotopic (exact) mass is 400 g/mol. The molecule has 0 aliphatic carbocycles. The summed E-state index contributed by atoms with van der Waals surface area (Å²) in [5.74, 6) is 0.805. The summed E-state index contributed by atoms with van der Waals surface area (Å²) in [6, 6.07) is 3.26. The number of rotatable bonds is 6. The first-order chi connectivity index (χ1) is 14.1. The van der Waals surface area contributed by atoms with Gasteiger partial charge in [0.25, 0.3) is 5.91 Å². The molecule has 8 heteroatoms. The van der Waals surface area contributed by atoms with Gasteiger partial charge in [-0.05, 0) is 43.2 Å². The Kier molecular flexibility index (Phi) is 5.71. The summed E-state index contributed by atoms with van der Waals surface area (Å²) >= 11 is 0. The fraction of sp³-hybridized carbons (Fsp3) is 0.571. The quantitative estimate of drug-likeness (QED) is 0.800. The van der Waals surface area contributed by atoms with E-state index in [1.165, 1.54) is 0 Å². The van der Waals surface area contributed by atoms with Crippen molar-refractivity contribution in [2.75, 3.05) is 26.2 Å². The fourth-order valence-electron chi connectivity index (χ4n) is 4.50. The highest BCUT2D eigenvalue weighted by molar-refractivity contribution is 5.91. The van der Waals surface area contributed by atoms with Crippen molar-refractivity contribution in [3.05, 3.63) is 42.4 Å². The molecule has 0 bridgehead atoms. The number of aromatic nitrogens is 2. The van der Waals surface area contributed by atoms with Crippen molar-refractivity contribution >= 4 is 11.8 Å². The number of piperidine rings is 2. The lowest BCUT2D eigenvalue weighted by molar-refractivity contribution is -0.139. The zero-order valence-corrected chi connectivity index (χ0v) is 16.6. The van der Waals surface area contributed by atoms with Crippen LogP contribution in [0.15, 0.2) is 35.3 Å². The van der Waals surface area contributed by atoms with Gasteiger partial charge in [0.15, 0.2) is 5.76 Å². The molecule has 4 heterocycles. The van der Waals surface area contributed by atoms with E-state index in [4.69, 9.17) is 9.52 Å². The molecule has 2 amide bonds. The predicted octanol–water partition coefficient (Wildman–Crippen LogP) is 1.90. The number of likely N-dealkylation sites (tertiary alicyclic amines) is 2. The number of amides is 2. The lowest BCUT2D eigenvalue weighted by atomic mass is 9.72. The molecule has 8 nitrogen and oxygen atoms in total. The van der Waals surface area contributed by atoms with Crippen LogP contribution in [0.1, 0.15) is 48.4 Å². The molecule has 1 spiro atoms. The minimum absolute atomic E-state index is 0.110. The normalized spacial score (nSPS) is 19.1. The predicted molar refractivity (Wildman–Crippen MR) is 105 cm³/mol. The Morgan fingerprint density at radius 3 is 2.72 bits per heavy atom. The Balaban J connectivity index is 1.31. The smallest absolute Gasteiger partial charge is 0.289 e. The molecule has 1 N–H and O–H groups in total. The molecule has 4 rings (SSSR count). The highest BCUT2D eigenvalue weighted by Crippen LogP contribution is 2.40. The van der Waals surface area contributed by atoms with E-state index in [1.807, 2.05) is 20.6 Å². The highest BCUT2D eigenvalue weighted by atomic mass is 16.4. The van der Waals surface area contributed by atoms with E-state index >= 15 is 0 Å². The number of furan rings is 1. The summed E-state index contributed by atoms with van der Waals surface area (Å²) in [6.07, 6.45) is 9.72. The zero-order valence-electron chi connectivity index (χ0n) is 16.6. The van der Waals surface area contributed by atoms with Crippen molar-refractivity contribution in [3.63, 3.8) is 0 Å². The second kappa shape index (κ2) is 8.41. The topological polar surface area (TPSA) is 91.8 Å². The standard InChI is InChI=1S/C21H28N4O4/c26-14-17-2-3-18(29-17)20(28)24-11-6-21(7-12-24)5-4-19(27)25(15-21)10-1-9-23-13-8-22-16-23/h2-3,8,13,16,26H,1,4-7,9-12,14-15H2. The van der Waals surface area contributed by atoms with Crippen LogP contribution in [-0.2, 0) is 17.9 Å². The van der Waals surface area contributed by atoms with Crippen LogP contribution >= 0.6 is 0 Å². The summed E-state index contributed by atoms with van der Waals surface area (Å²) in [5.41, 5.74) is 0.110. The lowest BCUT2D eigenvalue weighted by Crippen LogP contribution is -2.52. The van der Waals surface area contributed by atoms with Crippen molar-refractivity contribution < 1.29 is 19.1 Å². The molecular weight excluding hydrogens is 372 g/mol. The number of aliphatic hydroxyl groups excluding tert-OH is 1. The Bertz CT molecular complexity index is 837. The number of imidazole rings is 1. The van der Waals surface area contributed by atoms with Crippen molar-refractivity contribution in [3.8, 4) is 0 Å². The molecule has 2 aromatic rings. The number of aliphatic hydroxyl groups is 1. The van der Waals surface area contributed by atoms with E-state index in [0.717, 1.165) is 45.3 Å². The molecule has 0 saturated carbocycles. The minimum atomic E-state index is -0.207. The number of nitrogens with zero attached hydrogens (tertiary/aromatic N) is 4. The van der Waals surface area contributed by atoms with Gasteiger partial charge >= 0.3 is 0 Å². The summed E-state index contributed by atoms with van der Waals surface area (Å²) < 4.78 is 7.42. The first-order valence-electron chi connectivity index (χ1n) is 10.3. The van der Waals surface area contributed by atoms with Gasteiger partial charge in [-0.3, -0.25) is 9.59 Å². The molecule has 2 aliphatic rings. The molecule has 2 fully saturated rings. The van der Waals surface area contributed by atoms with Gasteiger partial charge in [-0.2, -0.15) is 0 Å². The van der Waals surface area contributed by atoms with Crippen LogP contribution in [0.25, 0.3) is 0 Å². The largest absolute Gasteiger partial charge is 0.453 e. The first-order valence-corrected chi connectivity index (χ1v) is 10.3. The molecule has 0 aromatic carbocycles. The maximum atomic E-state index is 12.6. The Morgan fingerprint density at radius 2 is 2.03 bits per heavy atom.